The van der Waals surface area contributed by atoms with E-state index in [9.17, 15) is 4.79 Å². The molecule has 24 heavy (non-hydrogen) atoms. The highest BCUT2D eigenvalue weighted by Gasteiger charge is 2.13. The van der Waals surface area contributed by atoms with Crippen LogP contribution in [0.1, 0.15) is 21.6 Å². The van der Waals surface area contributed by atoms with E-state index in [1.807, 2.05) is 11.4 Å². The highest BCUT2D eigenvalue weighted by molar-refractivity contribution is 7.16. The second-order valence-corrected chi connectivity index (χ2v) is 8.40. The fourth-order valence-electron chi connectivity index (χ4n) is 2.80. The number of benzene rings is 1. The first-order valence-electron chi connectivity index (χ1n) is 7.50. The van der Waals surface area contributed by atoms with E-state index in [1.54, 1.807) is 6.07 Å². The van der Waals surface area contributed by atoms with Crippen LogP contribution in [-0.2, 0) is 11.2 Å². The zero-order chi connectivity index (χ0) is 17.3. The molecule has 0 unspecified atom stereocenters. The summed E-state index contributed by atoms with van der Waals surface area (Å²) in [6.07, 6.45) is 0.314. The van der Waals surface area contributed by atoms with Crippen LogP contribution in [0.5, 0.6) is 0 Å². The lowest BCUT2D eigenvalue weighted by Gasteiger charge is -2.08. The average Bonchev–Trinajstić information content (AvgIpc) is 3.07. The van der Waals surface area contributed by atoms with Crippen molar-refractivity contribution in [2.24, 2.45) is 0 Å². The van der Waals surface area contributed by atoms with Gasteiger partial charge in [-0.3, -0.25) is 4.79 Å². The van der Waals surface area contributed by atoms with Crippen molar-refractivity contribution < 1.29 is 4.79 Å². The number of thiophene rings is 1. The number of amides is 1. The molecule has 3 nitrogen and oxygen atoms in total. The van der Waals surface area contributed by atoms with Crippen molar-refractivity contribution in [1.29, 1.82) is 0 Å². The van der Waals surface area contributed by atoms with E-state index in [2.05, 4.69) is 43.2 Å². The van der Waals surface area contributed by atoms with Crippen LogP contribution in [0, 0.1) is 20.8 Å². The summed E-state index contributed by atoms with van der Waals surface area (Å²) in [7, 11) is 0. The topological polar surface area (TPSA) is 42.0 Å². The molecule has 0 atom stereocenters. The minimum absolute atomic E-state index is 0.0771. The van der Waals surface area contributed by atoms with Crippen LogP contribution in [-0.4, -0.2) is 10.9 Å². The molecule has 1 aromatic carbocycles. The lowest BCUT2D eigenvalue weighted by Crippen LogP contribution is -2.13. The summed E-state index contributed by atoms with van der Waals surface area (Å²) in [4.78, 5) is 17.7. The first-order chi connectivity index (χ1) is 11.4. The molecule has 6 heteroatoms. The molecular weight excluding hydrogens is 360 g/mol. The van der Waals surface area contributed by atoms with Gasteiger partial charge in [0.2, 0.25) is 5.91 Å². The van der Waals surface area contributed by atoms with Crippen molar-refractivity contribution in [3.8, 4) is 11.3 Å². The second-order valence-electron chi connectivity index (χ2n) is 5.74. The van der Waals surface area contributed by atoms with Crippen LogP contribution < -0.4 is 5.32 Å². The molecule has 124 valence electrons. The SMILES string of the molecule is Cc1cc(C)c(-c2csc(NC(=O)Cc3ccc(Cl)s3)n2)c(C)c1. The molecule has 3 rings (SSSR count). The number of nitrogens with zero attached hydrogens (tertiary/aromatic N) is 1. The molecule has 0 aliphatic rings. The molecule has 0 aliphatic heterocycles. The number of nitrogens with one attached hydrogen (secondary N) is 1. The first-order valence-corrected chi connectivity index (χ1v) is 9.57. The van der Waals surface area contributed by atoms with Crippen LogP contribution >= 0.6 is 34.3 Å². The summed E-state index contributed by atoms with van der Waals surface area (Å²) in [5.41, 5.74) is 5.69. The Morgan fingerprint density at radius 1 is 1.21 bits per heavy atom. The molecule has 0 radical (unpaired) electrons. The summed E-state index contributed by atoms with van der Waals surface area (Å²) in [5, 5.41) is 5.48. The number of hydrogen-bond donors (Lipinski definition) is 1. The maximum Gasteiger partial charge on any atom is 0.231 e. The zero-order valence-corrected chi connectivity index (χ0v) is 16.0. The minimum Gasteiger partial charge on any atom is -0.302 e. The Morgan fingerprint density at radius 2 is 1.92 bits per heavy atom. The molecular formula is C18H17ClN2OS2. The Labute approximate surface area is 154 Å². The fraction of sp³-hybridized carbons (Fsp3) is 0.222. The van der Waals surface area contributed by atoms with Gasteiger partial charge >= 0.3 is 0 Å². The summed E-state index contributed by atoms with van der Waals surface area (Å²) >= 11 is 8.76. The lowest BCUT2D eigenvalue weighted by atomic mass is 9.98. The smallest absolute Gasteiger partial charge is 0.231 e. The monoisotopic (exact) mass is 376 g/mol. The fourth-order valence-corrected chi connectivity index (χ4v) is 4.60. The number of carbonyl (C=O) groups excluding carboxylic acids is 1. The number of carbonyl (C=O) groups is 1. The summed E-state index contributed by atoms with van der Waals surface area (Å²) < 4.78 is 0.694. The molecule has 0 spiro atoms. The van der Waals surface area contributed by atoms with Gasteiger partial charge in [-0.25, -0.2) is 4.98 Å². The van der Waals surface area contributed by atoms with Gasteiger partial charge in [0, 0.05) is 15.8 Å². The van der Waals surface area contributed by atoms with Gasteiger partial charge in [-0.2, -0.15) is 0 Å². The number of thiazole rings is 1. The van der Waals surface area contributed by atoms with Crippen molar-refractivity contribution in [2.75, 3.05) is 5.32 Å². The Balaban J connectivity index is 1.75. The number of hydrogen-bond acceptors (Lipinski definition) is 4. The molecule has 0 saturated carbocycles. The number of aromatic nitrogens is 1. The van der Waals surface area contributed by atoms with E-state index >= 15 is 0 Å². The number of halogens is 1. The maximum atomic E-state index is 12.1. The summed E-state index contributed by atoms with van der Waals surface area (Å²) in [6, 6.07) is 7.99. The van der Waals surface area contributed by atoms with Crippen LogP contribution in [0.2, 0.25) is 4.34 Å². The quantitative estimate of drug-likeness (QED) is 0.641. The van der Waals surface area contributed by atoms with Crippen molar-refractivity contribution in [2.45, 2.75) is 27.2 Å². The van der Waals surface area contributed by atoms with Crippen LogP contribution in [0.3, 0.4) is 0 Å². The molecule has 2 heterocycles. The van der Waals surface area contributed by atoms with E-state index in [1.165, 1.54) is 39.4 Å². The summed E-state index contributed by atoms with van der Waals surface area (Å²) in [6.45, 7) is 6.27. The van der Waals surface area contributed by atoms with E-state index in [0.29, 0.717) is 15.9 Å². The molecule has 1 amide bonds. The molecule has 0 fully saturated rings. The van der Waals surface area contributed by atoms with Crippen molar-refractivity contribution in [1.82, 2.24) is 4.98 Å². The van der Waals surface area contributed by atoms with Gasteiger partial charge in [0.1, 0.15) is 0 Å². The van der Waals surface area contributed by atoms with Gasteiger partial charge in [0.25, 0.3) is 0 Å². The van der Waals surface area contributed by atoms with Crippen molar-refractivity contribution in [3.63, 3.8) is 0 Å². The van der Waals surface area contributed by atoms with E-state index in [0.717, 1.165) is 16.1 Å². The van der Waals surface area contributed by atoms with Gasteiger partial charge in [-0.15, -0.1) is 22.7 Å². The Hall–Kier alpha value is -1.69. The molecule has 3 aromatic rings. The van der Waals surface area contributed by atoms with Gasteiger partial charge in [-0.1, -0.05) is 29.3 Å². The normalized spacial score (nSPS) is 10.8. The number of anilines is 1. The number of aryl methyl sites for hydroxylation is 3. The first kappa shape index (κ1) is 17.1. The largest absolute Gasteiger partial charge is 0.302 e. The predicted molar refractivity (Wildman–Crippen MR) is 103 cm³/mol. The minimum atomic E-state index is -0.0771. The summed E-state index contributed by atoms with van der Waals surface area (Å²) in [5.74, 6) is -0.0771. The van der Waals surface area contributed by atoms with Crippen LogP contribution in [0.4, 0.5) is 5.13 Å². The standard InChI is InChI=1S/C18H17ClN2OS2/c1-10-6-11(2)17(12(3)7-10)14-9-23-18(20-14)21-16(22)8-13-4-5-15(19)24-13/h4-7,9H,8H2,1-3H3,(H,20,21,22). The third kappa shape index (κ3) is 3.86. The molecule has 1 N–H and O–H groups in total. The third-order valence-corrected chi connectivity index (χ3v) is 5.64. The molecule has 0 bridgehead atoms. The molecule has 0 saturated heterocycles. The zero-order valence-electron chi connectivity index (χ0n) is 13.6. The average molecular weight is 377 g/mol. The molecule has 2 aromatic heterocycles. The van der Waals surface area contributed by atoms with E-state index < -0.39 is 0 Å². The van der Waals surface area contributed by atoms with Gasteiger partial charge in [0.05, 0.1) is 16.5 Å². The van der Waals surface area contributed by atoms with Crippen LogP contribution in [0.15, 0.2) is 29.6 Å². The van der Waals surface area contributed by atoms with E-state index in [-0.39, 0.29) is 5.91 Å². The molecule has 0 aliphatic carbocycles. The third-order valence-electron chi connectivity index (χ3n) is 3.65. The Morgan fingerprint density at radius 3 is 2.54 bits per heavy atom. The van der Waals surface area contributed by atoms with E-state index in [4.69, 9.17) is 11.6 Å². The maximum absolute atomic E-state index is 12.1. The van der Waals surface area contributed by atoms with Crippen LogP contribution in [0.25, 0.3) is 11.3 Å². The van der Waals surface area contributed by atoms with Crippen molar-refractivity contribution in [3.05, 3.63) is 55.5 Å². The highest BCUT2D eigenvalue weighted by atomic mass is 35.5. The highest BCUT2D eigenvalue weighted by Crippen LogP contribution is 2.31. The Bertz CT molecular complexity index is 875. The number of rotatable bonds is 4. The van der Waals surface area contributed by atoms with Gasteiger partial charge < -0.3 is 5.32 Å². The van der Waals surface area contributed by atoms with Gasteiger partial charge in [-0.05, 0) is 44.0 Å². The lowest BCUT2D eigenvalue weighted by molar-refractivity contribution is -0.115. The predicted octanol–water partition coefficient (Wildman–Crippen LogP) is 5.63. The van der Waals surface area contributed by atoms with Gasteiger partial charge in [0.15, 0.2) is 5.13 Å². The second kappa shape index (κ2) is 7.05. The van der Waals surface area contributed by atoms with Crippen molar-refractivity contribution >= 4 is 45.3 Å². The Kier molecular flexibility index (Phi) is 5.04.